The summed E-state index contributed by atoms with van der Waals surface area (Å²) in [4.78, 5) is 5.37. The Morgan fingerprint density at radius 3 is 0.947 bits per heavy atom. The highest BCUT2D eigenvalue weighted by Crippen LogP contribution is 2.40. The molecule has 4 nitrogen and oxygen atoms in total. The van der Waals surface area contributed by atoms with Crippen molar-refractivity contribution < 1.29 is 0 Å². The van der Waals surface area contributed by atoms with E-state index in [1.165, 1.54) is 65.4 Å². The van der Waals surface area contributed by atoms with Gasteiger partial charge < -0.3 is 13.7 Å². The van der Waals surface area contributed by atoms with Crippen LogP contribution < -0.4 is 0 Å². The normalized spacial score (nSPS) is 11.7. The second-order valence-corrected chi connectivity index (χ2v) is 19.5. The minimum atomic E-state index is 0.922. The first kappa shape index (κ1) is 42.6. The van der Waals surface area contributed by atoms with Gasteiger partial charge in [-0.3, -0.25) is 0 Å². The molecule has 350 valence electrons. The Morgan fingerprint density at radius 1 is 0.187 bits per heavy atom. The van der Waals surface area contributed by atoms with Crippen LogP contribution in [0.1, 0.15) is 0 Å². The van der Waals surface area contributed by atoms with Crippen molar-refractivity contribution in [3.63, 3.8) is 0 Å². The van der Waals surface area contributed by atoms with Gasteiger partial charge in [0, 0.05) is 60.5 Å². The Bertz CT molecular complexity index is 4410. The van der Waals surface area contributed by atoms with Gasteiger partial charge in [0.25, 0.3) is 0 Å². The molecule has 0 unspecified atom stereocenters. The molecule has 4 heterocycles. The van der Waals surface area contributed by atoms with Gasteiger partial charge in [0.05, 0.1) is 44.5 Å². The summed E-state index contributed by atoms with van der Waals surface area (Å²) in [7, 11) is 0. The first-order chi connectivity index (χ1) is 37.2. The van der Waals surface area contributed by atoms with Gasteiger partial charge in [0.2, 0.25) is 0 Å². The molecule has 0 aliphatic heterocycles. The lowest BCUT2D eigenvalue weighted by molar-refractivity contribution is 1.13. The second-order valence-electron chi connectivity index (χ2n) is 19.5. The number of para-hydroxylation sites is 6. The Labute approximate surface area is 433 Å². The van der Waals surface area contributed by atoms with Crippen LogP contribution in [-0.2, 0) is 0 Å². The van der Waals surface area contributed by atoms with E-state index in [2.05, 4.69) is 293 Å². The van der Waals surface area contributed by atoms with Crippen LogP contribution in [0.15, 0.2) is 279 Å². The number of aromatic nitrogens is 4. The molecule has 0 aliphatic rings. The average molecular weight is 955 g/mol. The molecule has 4 aromatic heterocycles. The molecular formula is C71H46N4. The number of nitrogens with zero attached hydrogens (tertiary/aromatic N) is 4. The predicted molar refractivity (Wildman–Crippen MR) is 314 cm³/mol. The Kier molecular flexibility index (Phi) is 9.85. The molecule has 75 heavy (non-hydrogen) atoms. The molecular weight excluding hydrogens is 909 g/mol. The van der Waals surface area contributed by atoms with Gasteiger partial charge in [0.1, 0.15) is 0 Å². The molecule has 0 fully saturated rings. The standard InChI is InChI=1S/C71H46N4/c1-2-18-48(19-3-1)64-44-54(47-36-38-55(39-37-47)73-66-30-10-4-24-58(66)59-25-5-11-31-67(59)73)45-65(72-64)52-23-17-21-50(41-52)49-20-16-22-51(40-49)53-42-56(74-68-32-12-6-26-60(68)61-27-7-13-33-69(61)74)46-57(43-53)75-70-34-14-8-28-62(70)63-29-9-15-35-71(63)75/h1-46H. The summed E-state index contributed by atoms with van der Waals surface area (Å²) >= 11 is 0. The summed E-state index contributed by atoms with van der Waals surface area (Å²) < 4.78 is 7.24. The molecule has 0 saturated carbocycles. The lowest BCUT2D eigenvalue weighted by atomic mass is 9.95. The highest BCUT2D eigenvalue weighted by molar-refractivity contribution is 6.11. The molecule has 0 bridgehead atoms. The molecule has 0 N–H and O–H groups in total. The van der Waals surface area contributed by atoms with Crippen LogP contribution in [0, 0.1) is 0 Å². The van der Waals surface area contributed by atoms with Gasteiger partial charge >= 0.3 is 0 Å². The zero-order valence-corrected chi connectivity index (χ0v) is 40.8. The van der Waals surface area contributed by atoms with Crippen molar-refractivity contribution in [1.82, 2.24) is 18.7 Å². The van der Waals surface area contributed by atoms with E-state index in [1.54, 1.807) is 0 Å². The Hall–Kier alpha value is -10.0. The molecule has 0 atom stereocenters. The van der Waals surface area contributed by atoms with Crippen molar-refractivity contribution in [2.45, 2.75) is 0 Å². The van der Waals surface area contributed by atoms with Crippen LogP contribution >= 0.6 is 0 Å². The summed E-state index contributed by atoms with van der Waals surface area (Å²) in [6.07, 6.45) is 0. The summed E-state index contributed by atoms with van der Waals surface area (Å²) in [5.41, 5.74) is 21.2. The SMILES string of the molecule is c1ccc(-c2cc(-c3ccc(-n4c5ccccc5c5ccccc54)cc3)cc(-c3cccc(-c4cccc(-c5cc(-n6c7ccccc7c7ccccc76)cc(-n6c7ccccc7c7ccccc76)c5)c4)c3)n2)cc1. The maximum absolute atomic E-state index is 5.37. The Morgan fingerprint density at radius 2 is 0.507 bits per heavy atom. The topological polar surface area (TPSA) is 27.7 Å². The van der Waals surface area contributed by atoms with Crippen molar-refractivity contribution >= 4 is 65.4 Å². The first-order valence-electron chi connectivity index (χ1n) is 25.7. The third-order valence-corrected chi connectivity index (χ3v) is 15.2. The number of rotatable bonds is 8. The highest BCUT2D eigenvalue weighted by atomic mass is 15.0. The molecule has 0 spiro atoms. The van der Waals surface area contributed by atoms with Gasteiger partial charge in [-0.1, -0.05) is 188 Å². The third-order valence-electron chi connectivity index (χ3n) is 15.2. The van der Waals surface area contributed by atoms with Gasteiger partial charge in [-0.2, -0.15) is 0 Å². The number of pyridine rings is 1. The van der Waals surface area contributed by atoms with Crippen molar-refractivity contribution in [1.29, 1.82) is 0 Å². The number of fused-ring (bicyclic) bond motifs is 9. The van der Waals surface area contributed by atoms with Gasteiger partial charge in [-0.05, 0) is 124 Å². The summed E-state index contributed by atoms with van der Waals surface area (Å²) in [5, 5.41) is 7.47. The number of hydrogen-bond acceptors (Lipinski definition) is 1. The van der Waals surface area contributed by atoms with E-state index in [0.29, 0.717) is 0 Å². The van der Waals surface area contributed by atoms with E-state index >= 15 is 0 Å². The summed E-state index contributed by atoms with van der Waals surface area (Å²) in [6, 6.07) is 101. The minimum Gasteiger partial charge on any atom is -0.309 e. The zero-order valence-electron chi connectivity index (χ0n) is 40.8. The lowest BCUT2D eigenvalue weighted by Crippen LogP contribution is -2.00. The molecule has 0 saturated heterocycles. The van der Waals surface area contributed by atoms with E-state index in [0.717, 1.165) is 73.0 Å². The van der Waals surface area contributed by atoms with Crippen LogP contribution in [0.25, 0.3) is 138 Å². The van der Waals surface area contributed by atoms with E-state index < -0.39 is 0 Å². The quantitative estimate of drug-likeness (QED) is 0.149. The maximum atomic E-state index is 5.37. The summed E-state index contributed by atoms with van der Waals surface area (Å²) in [5.74, 6) is 0. The highest BCUT2D eigenvalue weighted by Gasteiger charge is 2.19. The largest absolute Gasteiger partial charge is 0.309 e. The molecule has 4 heteroatoms. The van der Waals surface area contributed by atoms with E-state index in [9.17, 15) is 0 Å². The van der Waals surface area contributed by atoms with Crippen molar-refractivity contribution in [2.75, 3.05) is 0 Å². The maximum Gasteiger partial charge on any atom is 0.0715 e. The van der Waals surface area contributed by atoms with Gasteiger partial charge in [0.15, 0.2) is 0 Å². The average Bonchev–Trinajstić information content (AvgIpc) is 4.18. The van der Waals surface area contributed by atoms with E-state index in [1.807, 2.05) is 0 Å². The molecule has 11 aromatic carbocycles. The van der Waals surface area contributed by atoms with Crippen LogP contribution in [0.3, 0.4) is 0 Å². The molecule has 0 amide bonds. The van der Waals surface area contributed by atoms with Crippen LogP contribution in [0.5, 0.6) is 0 Å². The molecule has 15 rings (SSSR count). The smallest absolute Gasteiger partial charge is 0.0715 e. The van der Waals surface area contributed by atoms with Gasteiger partial charge in [-0.15, -0.1) is 0 Å². The van der Waals surface area contributed by atoms with E-state index in [-0.39, 0.29) is 0 Å². The van der Waals surface area contributed by atoms with Crippen molar-refractivity contribution in [2.24, 2.45) is 0 Å². The van der Waals surface area contributed by atoms with Crippen LogP contribution in [-0.4, -0.2) is 18.7 Å². The minimum absolute atomic E-state index is 0.922. The molecule has 15 aromatic rings. The first-order valence-corrected chi connectivity index (χ1v) is 25.7. The molecule has 0 aliphatic carbocycles. The third kappa shape index (κ3) is 7.10. The van der Waals surface area contributed by atoms with Gasteiger partial charge in [-0.25, -0.2) is 4.98 Å². The van der Waals surface area contributed by atoms with Crippen LogP contribution in [0.4, 0.5) is 0 Å². The molecule has 0 radical (unpaired) electrons. The van der Waals surface area contributed by atoms with Crippen molar-refractivity contribution in [3.05, 3.63) is 279 Å². The monoisotopic (exact) mass is 954 g/mol. The number of hydrogen-bond donors (Lipinski definition) is 0. The fourth-order valence-electron chi connectivity index (χ4n) is 11.8. The lowest BCUT2D eigenvalue weighted by Gasteiger charge is -2.16. The fraction of sp³-hybridized carbons (Fsp3) is 0. The zero-order chi connectivity index (χ0) is 49.4. The van der Waals surface area contributed by atoms with Crippen molar-refractivity contribution in [3.8, 4) is 73.0 Å². The van der Waals surface area contributed by atoms with Crippen LogP contribution in [0.2, 0.25) is 0 Å². The Balaban J connectivity index is 0.851. The fourth-order valence-corrected chi connectivity index (χ4v) is 11.8. The predicted octanol–water partition coefficient (Wildman–Crippen LogP) is 18.7. The summed E-state index contributed by atoms with van der Waals surface area (Å²) in [6.45, 7) is 0. The second kappa shape index (κ2) is 17.3. The number of benzene rings is 11. The van der Waals surface area contributed by atoms with E-state index in [4.69, 9.17) is 4.98 Å².